The van der Waals surface area contributed by atoms with Crippen LogP contribution in [-0.4, -0.2) is 29.6 Å². The summed E-state index contributed by atoms with van der Waals surface area (Å²) in [6.45, 7) is 0. The Hall–Kier alpha value is -2.91. The maximum Gasteiger partial charge on any atom is 0.471 e. The quantitative estimate of drug-likeness (QED) is 0.694. The van der Waals surface area contributed by atoms with Crippen molar-refractivity contribution >= 4 is 12.3 Å². The van der Waals surface area contributed by atoms with Gasteiger partial charge in [0.1, 0.15) is 0 Å². The van der Waals surface area contributed by atoms with Crippen LogP contribution in [0.2, 0.25) is 0 Å². The van der Waals surface area contributed by atoms with Crippen LogP contribution in [0.1, 0.15) is 11.5 Å². The number of methoxy groups -OCH3 is 1. The van der Waals surface area contributed by atoms with Crippen LogP contribution in [0.4, 0.5) is 18.0 Å². The molecular weight excluding hydrogens is 305 g/mol. The van der Waals surface area contributed by atoms with Crippen molar-refractivity contribution in [1.82, 2.24) is 15.6 Å². The number of hydrogen-bond donors (Lipinski definition) is 1. The number of rotatable bonds is 3. The second kappa shape index (κ2) is 6.24. The minimum atomic E-state index is -4.68. The first-order valence-corrected chi connectivity index (χ1v) is 5.78. The lowest BCUT2D eigenvalue weighted by Gasteiger charge is -1.98. The van der Waals surface area contributed by atoms with E-state index >= 15 is 0 Å². The number of nitrogens with one attached hydrogen (secondary N) is 1. The molecule has 2 rings (SSSR count). The van der Waals surface area contributed by atoms with Gasteiger partial charge in [-0.2, -0.15) is 23.3 Å². The molecule has 0 aliphatic carbocycles. The lowest BCUT2D eigenvalue weighted by Crippen LogP contribution is -2.16. The Labute approximate surface area is 121 Å². The summed E-state index contributed by atoms with van der Waals surface area (Å²) in [4.78, 5) is 14.0. The molecule has 0 unspecified atom stereocenters. The normalized spacial score (nSPS) is 11.6. The Kier molecular flexibility index (Phi) is 4.39. The Morgan fingerprint density at radius 2 is 2.05 bits per heavy atom. The number of aromatic nitrogens is 2. The van der Waals surface area contributed by atoms with E-state index in [2.05, 4.69) is 29.9 Å². The van der Waals surface area contributed by atoms with E-state index in [1.165, 1.54) is 25.5 Å². The van der Waals surface area contributed by atoms with Gasteiger partial charge in [0.15, 0.2) is 0 Å². The third-order valence-electron chi connectivity index (χ3n) is 2.39. The number of hydrazone groups is 1. The average Bonchev–Trinajstić information content (AvgIpc) is 2.97. The van der Waals surface area contributed by atoms with Gasteiger partial charge in [0.2, 0.25) is 5.82 Å². The van der Waals surface area contributed by atoms with Crippen LogP contribution in [-0.2, 0) is 10.9 Å². The number of carbonyl (C=O) groups is 1. The van der Waals surface area contributed by atoms with Gasteiger partial charge >= 0.3 is 18.2 Å². The van der Waals surface area contributed by atoms with Crippen molar-refractivity contribution < 1.29 is 27.2 Å². The molecule has 10 heteroatoms. The highest BCUT2D eigenvalue weighted by Gasteiger charge is 2.38. The monoisotopic (exact) mass is 314 g/mol. The molecule has 1 aromatic carbocycles. The molecule has 2 aromatic rings. The fourth-order valence-electron chi connectivity index (χ4n) is 1.38. The molecule has 1 aromatic heterocycles. The smallest absolute Gasteiger partial charge is 0.452 e. The molecule has 0 aliphatic heterocycles. The van der Waals surface area contributed by atoms with Crippen molar-refractivity contribution in [2.75, 3.05) is 7.11 Å². The van der Waals surface area contributed by atoms with Crippen molar-refractivity contribution in [2.45, 2.75) is 6.18 Å². The Balaban J connectivity index is 2.09. The molecule has 0 aliphatic rings. The number of halogens is 3. The van der Waals surface area contributed by atoms with Crippen molar-refractivity contribution in [3.63, 3.8) is 0 Å². The molecule has 0 atom stereocenters. The Morgan fingerprint density at radius 3 is 2.59 bits per heavy atom. The summed E-state index contributed by atoms with van der Waals surface area (Å²) in [5.74, 6) is -1.58. The zero-order valence-corrected chi connectivity index (χ0v) is 11.1. The van der Waals surface area contributed by atoms with Crippen LogP contribution in [0.5, 0.6) is 0 Å². The van der Waals surface area contributed by atoms with Crippen molar-refractivity contribution in [2.24, 2.45) is 5.10 Å². The fraction of sp³-hybridized carbons (Fsp3) is 0.167. The van der Waals surface area contributed by atoms with E-state index in [0.29, 0.717) is 11.1 Å². The van der Waals surface area contributed by atoms with Gasteiger partial charge in [-0.05, 0) is 5.56 Å². The lowest BCUT2D eigenvalue weighted by molar-refractivity contribution is -0.159. The van der Waals surface area contributed by atoms with Gasteiger partial charge in [0, 0.05) is 5.56 Å². The number of benzene rings is 1. The van der Waals surface area contributed by atoms with E-state index in [-0.39, 0.29) is 5.82 Å². The summed E-state index contributed by atoms with van der Waals surface area (Å²) in [7, 11) is 1.19. The summed E-state index contributed by atoms with van der Waals surface area (Å²) in [6.07, 6.45) is -4.07. The fourth-order valence-corrected chi connectivity index (χ4v) is 1.38. The van der Waals surface area contributed by atoms with Gasteiger partial charge in [-0.3, -0.25) is 0 Å². The highest BCUT2D eigenvalue weighted by Crippen LogP contribution is 2.29. The maximum absolute atomic E-state index is 12.4. The number of amides is 1. The predicted octanol–water partition coefficient (Wildman–Crippen LogP) is 2.45. The first-order valence-electron chi connectivity index (χ1n) is 5.78. The lowest BCUT2D eigenvalue weighted by atomic mass is 10.1. The molecule has 1 heterocycles. The molecule has 0 fully saturated rings. The van der Waals surface area contributed by atoms with Gasteiger partial charge < -0.3 is 9.26 Å². The molecule has 0 bridgehead atoms. The predicted molar refractivity (Wildman–Crippen MR) is 67.9 cm³/mol. The summed E-state index contributed by atoms with van der Waals surface area (Å²) in [6, 6.07) is 6.10. The van der Waals surface area contributed by atoms with Crippen molar-refractivity contribution in [3.8, 4) is 11.4 Å². The summed E-state index contributed by atoms with van der Waals surface area (Å²) >= 11 is 0. The van der Waals surface area contributed by atoms with E-state index in [4.69, 9.17) is 0 Å². The second-order valence-corrected chi connectivity index (χ2v) is 3.90. The molecule has 1 N–H and O–H groups in total. The van der Waals surface area contributed by atoms with E-state index in [0.717, 1.165) is 0 Å². The minimum absolute atomic E-state index is 0.177. The third kappa shape index (κ3) is 3.81. The molecule has 1 amide bonds. The molecule has 0 spiro atoms. The van der Waals surface area contributed by atoms with Crippen LogP contribution >= 0.6 is 0 Å². The van der Waals surface area contributed by atoms with Crippen LogP contribution in [0.3, 0.4) is 0 Å². The maximum atomic E-state index is 12.4. The molecule has 0 radical (unpaired) electrons. The summed E-state index contributed by atoms with van der Waals surface area (Å²) in [5.41, 5.74) is 3.03. The number of nitrogens with zero attached hydrogens (tertiary/aromatic N) is 3. The molecule has 0 saturated heterocycles. The molecule has 0 saturated carbocycles. The zero-order chi connectivity index (χ0) is 16.2. The van der Waals surface area contributed by atoms with Gasteiger partial charge in [-0.15, -0.1) is 0 Å². The first-order chi connectivity index (χ1) is 10.4. The van der Waals surface area contributed by atoms with Gasteiger partial charge in [0.05, 0.1) is 13.3 Å². The average molecular weight is 314 g/mol. The van der Waals surface area contributed by atoms with Gasteiger partial charge in [-0.1, -0.05) is 29.4 Å². The number of ether oxygens (including phenoxy) is 1. The van der Waals surface area contributed by atoms with Crippen LogP contribution in [0.25, 0.3) is 11.4 Å². The number of carbonyl (C=O) groups excluding carboxylic acids is 1. The van der Waals surface area contributed by atoms with E-state index < -0.39 is 18.2 Å². The SMILES string of the molecule is COC(=O)N/N=C\c1ccc(-c2noc(C(F)(F)F)n2)cc1. The molecule has 116 valence electrons. The summed E-state index contributed by atoms with van der Waals surface area (Å²) in [5, 5.41) is 6.87. The largest absolute Gasteiger partial charge is 0.471 e. The van der Waals surface area contributed by atoms with Gasteiger partial charge in [0.25, 0.3) is 0 Å². The van der Waals surface area contributed by atoms with E-state index in [9.17, 15) is 18.0 Å². The highest BCUT2D eigenvalue weighted by molar-refractivity contribution is 5.81. The highest BCUT2D eigenvalue weighted by atomic mass is 19.4. The molecular formula is C12H9F3N4O3. The topological polar surface area (TPSA) is 89.6 Å². The zero-order valence-electron chi connectivity index (χ0n) is 11.1. The molecule has 7 nitrogen and oxygen atoms in total. The van der Waals surface area contributed by atoms with Crippen LogP contribution < -0.4 is 5.43 Å². The van der Waals surface area contributed by atoms with Crippen molar-refractivity contribution in [1.29, 1.82) is 0 Å². The number of alkyl halides is 3. The Bertz CT molecular complexity index is 680. The minimum Gasteiger partial charge on any atom is -0.452 e. The van der Waals surface area contributed by atoms with Crippen LogP contribution in [0, 0.1) is 0 Å². The van der Waals surface area contributed by atoms with E-state index in [1.807, 2.05) is 0 Å². The van der Waals surface area contributed by atoms with Crippen LogP contribution in [0.15, 0.2) is 33.9 Å². The summed E-state index contributed by atoms with van der Waals surface area (Å²) < 4.78 is 45.5. The van der Waals surface area contributed by atoms with Gasteiger partial charge in [-0.25, -0.2) is 10.2 Å². The second-order valence-electron chi connectivity index (χ2n) is 3.90. The van der Waals surface area contributed by atoms with Crippen molar-refractivity contribution in [3.05, 3.63) is 35.7 Å². The number of hydrogen-bond acceptors (Lipinski definition) is 6. The standard InChI is InChI=1S/C12H9F3N4O3/c1-21-11(20)18-16-6-7-2-4-8(5-3-7)9-17-10(22-19-9)12(13,14)15/h2-6H,1H3,(H,18,20)/b16-6-. The van der Waals surface area contributed by atoms with E-state index in [1.54, 1.807) is 12.1 Å². The molecule has 22 heavy (non-hydrogen) atoms. The third-order valence-corrected chi connectivity index (χ3v) is 2.39. The first kappa shape index (κ1) is 15.5. The Morgan fingerprint density at radius 1 is 1.36 bits per heavy atom.